The minimum absolute atomic E-state index is 0.292. The van der Waals surface area contributed by atoms with Crippen molar-refractivity contribution in [3.05, 3.63) is 47.0 Å². The van der Waals surface area contributed by atoms with Gasteiger partial charge in [-0.2, -0.15) is 0 Å². The maximum Gasteiger partial charge on any atom is 0.211 e. The number of halogens is 1. The normalized spacial score (nSPS) is 13.5. The third-order valence-corrected chi connectivity index (χ3v) is 5.08. The lowest BCUT2D eigenvalue weighted by molar-refractivity contribution is -0.105. The monoisotopic (exact) mass is 345 g/mol. The predicted molar refractivity (Wildman–Crippen MR) is 96.2 cm³/mol. The molecule has 2 heterocycles. The van der Waals surface area contributed by atoms with E-state index in [0.717, 1.165) is 51.8 Å². The second kappa shape index (κ2) is 7.21. The van der Waals surface area contributed by atoms with Crippen LogP contribution in [0.15, 0.2) is 29.3 Å². The Balaban J connectivity index is 1.93. The average molecular weight is 345 g/mol. The number of carbonyl (C=O) groups is 1. The highest BCUT2D eigenvalue weighted by Gasteiger charge is 2.20. The summed E-state index contributed by atoms with van der Waals surface area (Å²) in [5.41, 5.74) is 4.91. The molecule has 4 nitrogen and oxygen atoms in total. The van der Waals surface area contributed by atoms with Gasteiger partial charge >= 0.3 is 0 Å². The molecule has 1 aromatic heterocycles. The van der Waals surface area contributed by atoms with Gasteiger partial charge in [0.05, 0.1) is 11.9 Å². The van der Waals surface area contributed by atoms with E-state index in [1.165, 1.54) is 6.20 Å². The fourth-order valence-electron chi connectivity index (χ4n) is 3.05. The standard InChI is InChI=1S/C18H20FN3OS/c1-3-24-17-8-15(6-12(2)18(17)21-11-23)22-5-4-16-13(10-22)7-14(19)9-20-16/h6-9,11H,3-5,10H2,1-2H3,(H,21,23). The van der Waals surface area contributed by atoms with E-state index in [1.807, 2.05) is 6.92 Å². The molecule has 0 saturated heterocycles. The third-order valence-electron chi connectivity index (χ3n) is 4.16. The lowest BCUT2D eigenvalue weighted by atomic mass is 10.0. The van der Waals surface area contributed by atoms with Crippen LogP contribution in [0.5, 0.6) is 0 Å². The topological polar surface area (TPSA) is 45.2 Å². The van der Waals surface area contributed by atoms with Crippen molar-refractivity contribution in [1.29, 1.82) is 0 Å². The van der Waals surface area contributed by atoms with E-state index in [2.05, 4.69) is 34.3 Å². The van der Waals surface area contributed by atoms with Crippen molar-refractivity contribution in [2.75, 3.05) is 22.5 Å². The molecule has 1 aliphatic rings. The van der Waals surface area contributed by atoms with Crippen molar-refractivity contribution in [1.82, 2.24) is 4.98 Å². The smallest absolute Gasteiger partial charge is 0.211 e. The number of rotatable bonds is 5. The molecular weight excluding hydrogens is 325 g/mol. The molecule has 0 bridgehead atoms. The molecule has 2 aromatic rings. The molecule has 3 rings (SSSR count). The van der Waals surface area contributed by atoms with Crippen LogP contribution < -0.4 is 10.2 Å². The van der Waals surface area contributed by atoms with E-state index >= 15 is 0 Å². The third kappa shape index (κ3) is 3.38. The van der Waals surface area contributed by atoms with Gasteiger partial charge in [0.25, 0.3) is 0 Å². The first-order valence-corrected chi connectivity index (χ1v) is 8.96. The minimum Gasteiger partial charge on any atom is -0.367 e. The Hall–Kier alpha value is -2.08. The fourth-order valence-corrected chi connectivity index (χ4v) is 3.93. The Bertz CT molecular complexity index is 766. The molecule has 0 aliphatic carbocycles. The number of aryl methyl sites for hydroxylation is 1. The van der Waals surface area contributed by atoms with Gasteiger partial charge in [-0.3, -0.25) is 9.78 Å². The number of benzene rings is 1. The van der Waals surface area contributed by atoms with Crippen LogP contribution in [0, 0.1) is 12.7 Å². The van der Waals surface area contributed by atoms with E-state index < -0.39 is 0 Å². The number of nitrogens with zero attached hydrogens (tertiary/aromatic N) is 2. The van der Waals surface area contributed by atoms with Crippen LogP contribution in [-0.2, 0) is 17.8 Å². The van der Waals surface area contributed by atoms with Crippen molar-refractivity contribution in [2.45, 2.75) is 31.7 Å². The maximum absolute atomic E-state index is 13.5. The van der Waals surface area contributed by atoms with Gasteiger partial charge in [-0.25, -0.2) is 4.39 Å². The molecule has 0 atom stereocenters. The molecule has 1 N–H and O–H groups in total. The Morgan fingerprint density at radius 1 is 1.42 bits per heavy atom. The lowest BCUT2D eigenvalue weighted by Crippen LogP contribution is -2.31. The van der Waals surface area contributed by atoms with Crippen LogP contribution in [0.25, 0.3) is 0 Å². The quantitative estimate of drug-likeness (QED) is 0.662. The van der Waals surface area contributed by atoms with Gasteiger partial charge in [-0.1, -0.05) is 6.92 Å². The van der Waals surface area contributed by atoms with Gasteiger partial charge in [-0.05, 0) is 42.0 Å². The lowest BCUT2D eigenvalue weighted by Gasteiger charge is -2.31. The second-order valence-corrected chi connectivity index (χ2v) is 7.07. The zero-order valence-corrected chi connectivity index (χ0v) is 14.6. The molecule has 0 unspecified atom stereocenters. The number of hydrogen-bond acceptors (Lipinski definition) is 4. The SMILES string of the molecule is CCSc1cc(N2CCc3ncc(F)cc3C2)cc(C)c1NC=O. The molecule has 24 heavy (non-hydrogen) atoms. The zero-order chi connectivity index (χ0) is 17.1. The molecule has 1 amide bonds. The number of carbonyl (C=O) groups excluding carboxylic acids is 1. The van der Waals surface area contributed by atoms with Crippen LogP contribution in [0.3, 0.4) is 0 Å². The number of amides is 1. The van der Waals surface area contributed by atoms with Crippen molar-refractivity contribution < 1.29 is 9.18 Å². The highest BCUT2D eigenvalue weighted by Crippen LogP contribution is 2.35. The van der Waals surface area contributed by atoms with E-state index in [-0.39, 0.29) is 5.82 Å². The Labute approximate surface area is 145 Å². The number of aromatic nitrogens is 1. The van der Waals surface area contributed by atoms with Gasteiger partial charge in [0.2, 0.25) is 6.41 Å². The highest BCUT2D eigenvalue weighted by molar-refractivity contribution is 7.99. The summed E-state index contributed by atoms with van der Waals surface area (Å²) >= 11 is 1.70. The number of thioether (sulfide) groups is 1. The number of nitrogens with one attached hydrogen (secondary N) is 1. The summed E-state index contributed by atoms with van der Waals surface area (Å²) in [6.45, 7) is 5.58. The summed E-state index contributed by atoms with van der Waals surface area (Å²) in [6.07, 6.45) is 2.81. The molecular formula is C18H20FN3OS. The summed E-state index contributed by atoms with van der Waals surface area (Å²) in [5, 5.41) is 2.80. The second-order valence-electron chi connectivity index (χ2n) is 5.76. The summed E-state index contributed by atoms with van der Waals surface area (Å²) in [4.78, 5) is 18.4. The Kier molecular flexibility index (Phi) is 5.04. The van der Waals surface area contributed by atoms with Crippen molar-refractivity contribution >= 4 is 29.5 Å². The summed E-state index contributed by atoms with van der Waals surface area (Å²) in [7, 11) is 0. The van der Waals surface area contributed by atoms with Gasteiger partial charge < -0.3 is 10.2 Å². The van der Waals surface area contributed by atoms with Gasteiger partial charge in [0.15, 0.2) is 0 Å². The molecule has 6 heteroatoms. The number of pyridine rings is 1. The first kappa shape index (κ1) is 16.8. The number of hydrogen-bond donors (Lipinski definition) is 1. The van der Waals surface area contributed by atoms with Crippen LogP contribution in [0.4, 0.5) is 15.8 Å². The highest BCUT2D eigenvalue weighted by atomic mass is 32.2. The molecule has 0 fully saturated rings. The Morgan fingerprint density at radius 2 is 2.25 bits per heavy atom. The van der Waals surface area contributed by atoms with Crippen LogP contribution in [-0.4, -0.2) is 23.7 Å². The minimum atomic E-state index is -0.292. The largest absolute Gasteiger partial charge is 0.367 e. The first-order valence-electron chi connectivity index (χ1n) is 7.98. The summed E-state index contributed by atoms with van der Waals surface area (Å²) in [6, 6.07) is 5.75. The first-order chi connectivity index (χ1) is 11.6. The molecule has 1 aliphatic heterocycles. The van der Waals surface area contributed by atoms with E-state index in [4.69, 9.17) is 0 Å². The molecule has 0 spiro atoms. The van der Waals surface area contributed by atoms with Gasteiger partial charge in [0.1, 0.15) is 5.82 Å². The van der Waals surface area contributed by atoms with Crippen molar-refractivity contribution in [3.8, 4) is 0 Å². The predicted octanol–water partition coefficient (Wildman–Crippen LogP) is 3.77. The number of anilines is 2. The van der Waals surface area contributed by atoms with Gasteiger partial charge in [-0.15, -0.1) is 11.8 Å². The molecule has 126 valence electrons. The van der Waals surface area contributed by atoms with Gasteiger partial charge in [0, 0.05) is 35.8 Å². The van der Waals surface area contributed by atoms with E-state index in [0.29, 0.717) is 13.0 Å². The van der Waals surface area contributed by atoms with Crippen molar-refractivity contribution in [2.24, 2.45) is 0 Å². The molecule has 0 saturated carbocycles. The summed E-state index contributed by atoms with van der Waals surface area (Å²) in [5.74, 6) is 0.633. The van der Waals surface area contributed by atoms with Crippen LogP contribution >= 0.6 is 11.8 Å². The maximum atomic E-state index is 13.5. The van der Waals surface area contributed by atoms with Crippen LogP contribution in [0.1, 0.15) is 23.7 Å². The summed E-state index contributed by atoms with van der Waals surface area (Å²) < 4.78 is 13.5. The van der Waals surface area contributed by atoms with E-state index in [1.54, 1.807) is 17.8 Å². The fraction of sp³-hybridized carbons (Fsp3) is 0.333. The number of fused-ring (bicyclic) bond motifs is 1. The molecule has 1 aromatic carbocycles. The Morgan fingerprint density at radius 3 is 3.00 bits per heavy atom. The zero-order valence-electron chi connectivity index (χ0n) is 13.8. The average Bonchev–Trinajstić information content (AvgIpc) is 2.57. The molecule has 0 radical (unpaired) electrons. The van der Waals surface area contributed by atoms with Crippen molar-refractivity contribution in [3.63, 3.8) is 0 Å². The van der Waals surface area contributed by atoms with Crippen LogP contribution in [0.2, 0.25) is 0 Å². The van der Waals surface area contributed by atoms with E-state index in [9.17, 15) is 9.18 Å².